The summed E-state index contributed by atoms with van der Waals surface area (Å²) in [6, 6.07) is 3.94. The topological polar surface area (TPSA) is 61.0 Å². The minimum atomic E-state index is 0.290. The molecule has 0 atom stereocenters. The minimum Gasteiger partial charge on any atom is -0.496 e. The summed E-state index contributed by atoms with van der Waals surface area (Å²) in [5, 5.41) is 0. The van der Waals surface area contributed by atoms with Crippen molar-refractivity contribution in [3.63, 3.8) is 0 Å². The fraction of sp³-hybridized carbons (Fsp3) is 0.286. The molecule has 1 heterocycles. The minimum absolute atomic E-state index is 0.290. The molecule has 2 aromatic rings. The zero-order valence-corrected chi connectivity index (χ0v) is 11.1. The van der Waals surface area contributed by atoms with Crippen molar-refractivity contribution >= 4 is 5.95 Å². The zero-order chi connectivity index (χ0) is 13.3. The van der Waals surface area contributed by atoms with Crippen LogP contribution in [0, 0.1) is 20.8 Å². The maximum Gasteiger partial charge on any atom is 0.220 e. The molecule has 0 aliphatic carbocycles. The van der Waals surface area contributed by atoms with Gasteiger partial charge in [0.2, 0.25) is 5.95 Å². The molecule has 1 aromatic carbocycles. The van der Waals surface area contributed by atoms with Gasteiger partial charge < -0.3 is 10.5 Å². The second-order valence-electron chi connectivity index (χ2n) is 4.32. The largest absolute Gasteiger partial charge is 0.496 e. The van der Waals surface area contributed by atoms with E-state index >= 15 is 0 Å². The number of aromatic nitrogens is 2. The van der Waals surface area contributed by atoms with Crippen LogP contribution >= 0.6 is 0 Å². The van der Waals surface area contributed by atoms with Crippen LogP contribution in [-0.2, 0) is 0 Å². The van der Waals surface area contributed by atoms with E-state index < -0.39 is 0 Å². The predicted octanol–water partition coefficient (Wildman–Crippen LogP) is 2.66. The number of aryl methyl sites for hydroxylation is 1. The number of hydrogen-bond acceptors (Lipinski definition) is 4. The van der Waals surface area contributed by atoms with Crippen LogP contribution in [0.15, 0.2) is 18.3 Å². The first kappa shape index (κ1) is 12.4. The number of nitrogens with zero attached hydrogens (tertiary/aromatic N) is 2. The first-order valence-corrected chi connectivity index (χ1v) is 5.78. The Morgan fingerprint density at radius 3 is 2.50 bits per heavy atom. The molecule has 0 saturated heterocycles. The van der Waals surface area contributed by atoms with Crippen LogP contribution < -0.4 is 10.5 Å². The van der Waals surface area contributed by atoms with Crippen LogP contribution in [0.5, 0.6) is 5.75 Å². The number of methoxy groups -OCH3 is 1. The second-order valence-corrected chi connectivity index (χ2v) is 4.32. The molecule has 2 rings (SSSR count). The number of nitrogen functional groups attached to an aromatic ring is 1. The van der Waals surface area contributed by atoms with Crippen molar-refractivity contribution in [1.29, 1.82) is 0 Å². The van der Waals surface area contributed by atoms with E-state index in [4.69, 9.17) is 10.5 Å². The highest BCUT2D eigenvalue weighted by Gasteiger charge is 2.12. The van der Waals surface area contributed by atoms with Crippen molar-refractivity contribution in [2.24, 2.45) is 0 Å². The van der Waals surface area contributed by atoms with Crippen molar-refractivity contribution in [3.8, 4) is 17.0 Å². The number of benzene rings is 1. The molecule has 0 unspecified atom stereocenters. The van der Waals surface area contributed by atoms with Gasteiger partial charge in [-0.25, -0.2) is 9.97 Å². The number of nitrogens with two attached hydrogens (primary N) is 1. The molecule has 0 amide bonds. The molecule has 2 N–H and O–H groups in total. The van der Waals surface area contributed by atoms with E-state index in [0.717, 1.165) is 33.7 Å². The maximum absolute atomic E-state index is 5.63. The van der Waals surface area contributed by atoms with Gasteiger partial charge in [-0.05, 0) is 49.6 Å². The van der Waals surface area contributed by atoms with Crippen LogP contribution in [0.3, 0.4) is 0 Å². The van der Waals surface area contributed by atoms with Crippen molar-refractivity contribution in [3.05, 3.63) is 35.0 Å². The monoisotopic (exact) mass is 243 g/mol. The summed E-state index contributed by atoms with van der Waals surface area (Å²) in [6.45, 7) is 6.14. The predicted molar refractivity (Wildman–Crippen MR) is 72.6 cm³/mol. The van der Waals surface area contributed by atoms with Crippen molar-refractivity contribution in [2.75, 3.05) is 12.8 Å². The summed E-state index contributed by atoms with van der Waals surface area (Å²) in [6.07, 6.45) is 1.67. The van der Waals surface area contributed by atoms with Gasteiger partial charge in [-0.2, -0.15) is 0 Å². The molecule has 18 heavy (non-hydrogen) atoms. The maximum atomic E-state index is 5.63. The molecule has 0 spiro atoms. The molecular formula is C14H17N3O. The first-order valence-electron chi connectivity index (χ1n) is 5.78. The number of anilines is 1. The molecule has 0 radical (unpaired) electrons. The van der Waals surface area contributed by atoms with Crippen molar-refractivity contribution in [2.45, 2.75) is 20.8 Å². The Labute approximate surface area is 107 Å². The van der Waals surface area contributed by atoms with Crippen LogP contribution in [0.4, 0.5) is 5.95 Å². The lowest BCUT2D eigenvalue weighted by molar-refractivity contribution is 0.408. The summed E-state index contributed by atoms with van der Waals surface area (Å²) in [5.41, 5.74) is 10.9. The van der Waals surface area contributed by atoms with Crippen LogP contribution in [-0.4, -0.2) is 17.1 Å². The Morgan fingerprint density at radius 2 is 1.89 bits per heavy atom. The van der Waals surface area contributed by atoms with Gasteiger partial charge in [0.15, 0.2) is 0 Å². The third-order valence-electron chi connectivity index (χ3n) is 3.18. The van der Waals surface area contributed by atoms with Gasteiger partial charge in [-0.1, -0.05) is 0 Å². The van der Waals surface area contributed by atoms with E-state index in [2.05, 4.69) is 29.9 Å². The van der Waals surface area contributed by atoms with E-state index in [0.29, 0.717) is 0 Å². The third kappa shape index (κ3) is 2.01. The summed E-state index contributed by atoms with van der Waals surface area (Å²) in [5.74, 6) is 1.22. The van der Waals surface area contributed by atoms with E-state index in [-0.39, 0.29) is 5.95 Å². The third-order valence-corrected chi connectivity index (χ3v) is 3.18. The lowest BCUT2D eigenvalue weighted by Crippen LogP contribution is -1.99. The molecule has 1 aromatic heterocycles. The highest BCUT2D eigenvalue weighted by molar-refractivity contribution is 5.69. The van der Waals surface area contributed by atoms with Gasteiger partial charge in [0.1, 0.15) is 5.75 Å². The van der Waals surface area contributed by atoms with Crippen LogP contribution in [0.1, 0.15) is 16.7 Å². The Hall–Kier alpha value is -2.10. The molecule has 4 nitrogen and oxygen atoms in total. The number of rotatable bonds is 2. The molecule has 0 aliphatic rings. The van der Waals surface area contributed by atoms with Gasteiger partial charge in [0.25, 0.3) is 0 Å². The quantitative estimate of drug-likeness (QED) is 0.880. The molecular weight excluding hydrogens is 226 g/mol. The Morgan fingerprint density at radius 1 is 1.17 bits per heavy atom. The van der Waals surface area contributed by atoms with Gasteiger partial charge in [0.05, 0.1) is 12.8 Å². The molecule has 0 saturated carbocycles. The average Bonchev–Trinajstić information content (AvgIpc) is 2.34. The molecule has 94 valence electrons. The van der Waals surface area contributed by atoms with Gasteiger partial charge in [0, 0.05) is 11.8 Å². The SMILES string of the molecule is COc1c(C)cc(-c2ccnc(N)n2)c(C)c1C. The van der Waals surface area contributed by atoms with Gasteiger partial charge in [-0.3, -0.25) is 0 Å². The van der Waals surface area contributed by atoms with E-state index in [1.807, 2.05) is 13.0 Å². The highest BCUT2D eigenvalue weighted by Crippen LogP contribution is 2.33. The summed E-state index contributed by atoms with van der Waals surface area (Å²) >= 11 is 0. The second kappa shape index (κ2) is 4.64. The number of hydrogen-bond donors (Lipinski definition) is 1. The summed E-state index contributed by atoms with van der Waals surface area (Å²) in [4.78, 5) is 8.18. The highest BCUT2D eigenvalue weighted by atomic mass is 16.5. The van der Waals surface area contributed by atoms with Crippen molar-refractivity contribution < 1.29 is 4.74 Å². The van der Waals surface area contributed by atoms with E-state index in [1.165, 1.54) is 0 Å². The first-order chi connectivity index (χ1) is 8.54. The van der Waals surface area contributed by atoms with E-state index in [1.54, 1.807) is 13.3 Å². The normalized spacial score (nSPS) is 10.4. The van der Waals surface area contributed by atoms with Crippen molar-refractivity contribution in [1.82, 2.24) is 9.97 Å². The van der Waals surface area contributed by atoms with Crippen LogP contribution in [0.2, 0.25) is 0 Å². The van der Waals surface area contributed by atoms with Crippen LogP contribution in [0.25, 0.3) is 11.3 Å². The molecule has 0 bridgehead atoms. The molecule has 0 aliphatic heterocycles. The fourth-order valence-electron chi connectivity index (χ4n) is 2.16. The molecule has 0 fully saturated rings. The summed E-state index contributed by atoms with van der Waals surface area (Å²) in [7, 11) is 1.69. The fourth-order valence-corrected chi connectivity index (χ4v) is 2.16. The zero-order valence-electron chi connectivity index (χ0n) is 11.1. The smallest absolute Gasteiger partial charge is 0.220 e. The number of ether oxygens (including phenoxy) is 1. The Balaban J connectivity index is 2.66. The lowest BCUT2D eigenvalue weighted by atomic mass is 9.96. The standard InChI is InChI=1S/C14H17N3O/c1-8-7-11(9(2)10(3)13(8)18-4)12-5-6-16-14(15)17-12/h5-7H,1-4H3,(H2,15,16,17). The average molecular weight is 243 g/mol. The Bertz CT molecular complexity index is 594. The van der Waals surface area contributed by atoms with Gasteiger partial charge in [-0.15, -0.1) is 0 Å². The summed E-state index contributed by atoms with van der Waals surface area (Å²) < 4.78 is 5.41. The van der Waals surface area contributed by atoms with Gasteiger partial charge >= 0.3 is 0 Å². The Kier molecular flexibility index (Phi) is 3.19. The lowest BCUT2D eigenvalue weighted by Gasteiger charge is -2.15. The molecule has 4 heteroatoms. The van der Waals surface area contributed by atoms with E-state index in [9.17, 15) is 0 Å².